The highest BCUT2D eigenvalue weighted by molar-refractivity contribution is 5.80. The van der Waals surface area contributed by atoms with Crippen LogP contribution in [0.2, 0.25) is 0 Å². The normalized spacial score (nSPS) is 26.7. The second-order valence-electron chi connectivity index (χ2n) is 6.53. The summed E-state index contributed by atoms with van der Waals surface area (Å²) >= 11 is 0. The first-order chi connectivity index (χ1) is 13.1. The zero-order valence-corrected chi connectivity index (χ0v) is 14.4. The Morgan fingerprint density at radius 3 is 2.81 bits per heavy atom. The molecule has 2 aromatic heterocycles. The molecule has 4 rings (SSSR count). The van der Waals surface area contributed by atoms with Crippen LogP contribution < -0.4 is 5.32 Å². The summed E-state index contributed by atoms with van der Waals surface area (Å²) in [4.78, 5) is 26.7. The van der Waals surface area contributed by atoms with Gasteiger partial charge in [-0.25, -0.2) is 4.68 Å². The van der Waals surface area contributed by atoms with Crippen LogP contribution in [0.3, 0.4) is 0 Å². The average molecular weight is 373 g/mol. The summed E-state index contributed by atoms with van der Waals surface area (Å²) < 4.78 is 13.4. The van der Waals surface area contributed by atoms with E-state index in [1.165, 1.54) is 0 Å². The molecule has 0 radical (unpaired) electrons. The summed E-state index contributed by atoms with van der Waals surface area (Å²) in [6.07, 6.45) is 2.68. The van der Waals surface area contributed by atoms with Crippen molar-refractivity contribution in [2.24, 2.45) is 0 Å². The van der Waals surface area contributed by atoms with Crippen LogP contribution in [0.25, 0.3) is 11.4 Å². The van der Waals surface area contributed by atoms with Crippen LogP contribution in [0.1, 0.15) is 18.9 Å². The number of aliphatic carboxylic acids is 1. The van der Waals surface area contributed by atoms with E-state index >= 15 is 0 Å². The fraction of sp³-hybridized carbons (Fsp3) is 0.471. The number of amides is 1. The number of fused-ring (bicyclic) bond motifs is 1. The molecular formula is C17H19N5O5. The number of carboxylic acids is 1. The van der Waals surface area contributed by atoms with E-state index in [1.807, 2.05) is 18.2 Å². The van der Waals surface area contributed by atoms with E-state index in [0.717, 1.165) is 5.69 Å². The fourth-order valence-electron chi connectivity index (χ4n) is 3.40. The van der Waals surface area contributed by atoms with Crippen LogP contribution in [-0.4, -0.2) is 68.4 Å². The molecule has 4 atom stereocenters. The molecule has 2 saturated heterocycles. The molecule has 142 valence electrons. The number of carbonyl (C=O) groups excluding carboxylic acids is 1. The third kappa shape index (κ3) is 3.67. The van der Waals surface area contributed by atoms with E-state index < -0.39 is 5.97 Å². The number of nitrogens with zero attached hydrogens (tertiary/aromatic N) is 4. The first-order valence-corrected chi connectivity index (χ1v) is 8.69. The molecule has 0 saturated carbocycles. The Bertz CT molecular complexity index is 826. The minimum absolute atomic E-state index is 0.0663. The molecule has 2 aliphatic rings. The van der Waals surface area contributed by atoms with E-state index in [9.17, 15) is 9.59 Å². The number of aromatic nitrogens is 4. The lowest BCUT2D eigenvalue weighted by molar-refractivity contribution is -0.139. The summed E-state index contributed by atoms with van der Waals surface area (Å²) in [5.74, 6) is -1.32. The smallest absolute Gasteiger partial charge is 0.303 e. The summed E-state index contributed by atoms with van der Waals surface area (Å²) in [6.45, 7) is 0.703. The lowest BCUT2D eigenvalue weighted by Crippen LogP contribution is -2.44. The van der Waals surface area contributed by atoms with Gasteiger partial charge in [-0.15, -0.1) is 5.10 Å². The number of carbonyl (C=O) groups is 2. The van der Waals surface area contributed by atoms with Crippen LogP contribution >= 0.6 is 0 Å². The van der Waals surface area contributed by atoms with E-state index in [-0.39, 0.29) is 43.0 Å². The SMILES string of the molecule is O=C(O)CCC(=O)N[C@H]1CO[C@H]2[C@@H]1OC[C@@H]2n1cc(-c2ccccn2)nn1. The number of hydrogen-bond donors (Lipinski definition) is 2. The van der Waals surface area contributed by atoms with Gasteiger partial charge in [0.25, 0.3) is 0 Å². The number of carboxylic acid groups (broad SMARTS) is 1. The Morgan fingerprint density at radius 2 is 2.04 bits per heavy atom. The third-order valence-corrected chi connectivity index (χ3v) is 4.72. The van der Waals surface area contributed by atoms with Crippen molar-refractivity contribution in [1.29, 1.82) is 0 Å². The van der Waals surface area contributed by atoms with Gasteiger partial charge in [-0.3, -0.25) is 14.6 Å². The Kier molecular flexibility index (Phi) is 4.82. The quantitative estimate of drug-likeness (QED) is 0.726. The van der Waals surface area contributed by atoms with Crippen molar-refractivity contribution < 1.29 is 24.2 Å². The molecule has 10 nitrogen and oxygen atoms in total. The van der Waals surface area contributed by atoms with Crippen molar-refractivity contribution in [2.75, 3.05) is 13.2 Å². The van der Waals surface area contributed by atoms with E-state index in [4.69, 9.17) is 14.6 Å². The van der Waals surface area contributed by atoms with Crippen LogP contribution in [0.5, 0.6) is 0 Å². The largest absolute Gasteiger partial charge is 0.481 e. The van der Waals surface area contributed by atoms with Crippen LogP contribution in [-0.2, 0) is 19.1 Å². The second-order valence-corrected chi connectivity index (χ2v) is 6.53. The minimum atomic E-state index is -1.00. The topological polar surface area (TPSA) is 128 Å². The van der Waals surface area contributed by atoms with Crippen LogP contribution in [0, 0.1) is 0 Å². The monoisotopic (exact) mass is 373 g/mol. The van der Waals surface area contributed by atoms with Gasteiger partial charge in [0.1, 0.15) is 23.9 Å². The lowest BCUT2D eigenvalue weighted by Gasteiger charge is -2.17. The highest BCUT2D eigenvalue weighted by Crippen LogP contribution is 2.34. The van der Waals surface area contributed by atoms with Gasteiger partial charge in [-0.2, -0.15) is 0 Å². The highest BCUT2D eigenvalue weighted by Gasteiger charge is 2.49. The maximum atomic E-state index is 11.9. The molecule has 2 aliphatic heterocycles. The minimum Gasteiger partial charge on any atom is -0.481 e. The van der Waals surface area contributed by atoms with Gasteiger partial charge >= 0.3 is 5.97 Å². The molecule has 1 amide bonds. The summed E-state index contributed by atoms with van der Waals surface area (Å²) in [5.41, 5.74) is 1.39. The van der Waals surface area contributed by atoms with Gasteiger partial charge in [0.15, 0.2) is 0 Å². The third-order valence-electron chi connectivity index (χ3n) is 4.72. The maximum Gasteiger partial charge on any atom is 0.303 e. The molecule has 4 heterocycles. The first-order valence-electron chi connectivity index (χ1n) is 8.69. The Morgan fingerprint density at radius 1 is 1.19 bits per heavy atom. The summed E-state index contributed by atoms with van der Waals surface area (Å²) in [5, 5.41) is 19.8. The summed E-state index contributed by atoms with van der Waals surface area (Å²) in [7, 11) is 0. The first kappa shape index (κ1) is 17.6. The van der Waals surface area contributed by atoms with Crippen molar-refractivity contribution in [1.82, 2.24) is 25.3 Å². The standard InChI is InChI=1S/C17H19N5O5/c23-14(4-5-15(24)25)19-12-8-26-17-13(9-27-16(12)17)22-7-11(20-21-22)10-3-1-2-6-18-10/h1-3,6-7,12-13,16-17H,4-5,8-9H2,(H,19,23)(H,24,25)/t12-,13-,16+,17+/m0/s1. The molecule has 2 aromatic rings. The van der Waals surface area contributed by atoms with Crippen LogP contribution in [0.15, 0.2) is 30.6 Å². The number of rotatable bonds is 6. The molecule has 0 bridgehead atoms. The predicted molar refractivity (Wildman–Crippen MR) is 90.6 cm³/mol. The van der Waals surface area contributed by atoms with Crippen molar-refractivity contribution in [2.45, 2.75) is 37.1 Å². The number of pyridine rings is 1. The zero-order valence-electron chi connectivity index (χ0n) is 14.4. The van der Waals surface area contributed by atoms with Crippen molar-refractivity contribution >= 4 is 11.9 Å². The van der Waals surface area contributed by atoms with Gasteiger partial charge in [0.05, 0.1) is 37.6 Å². The van der Waals surface area contributed by atoms with E-state index in [1.54, 1.807) is 17.1 Å². The predicted octanol–water partition coefficient (Wildman–Crippen LogP) is 0.0284. The number of ether oxygens (including phenoxy) is 2. The van der Waals surface area contributed by atoms with Gasteiger partial charge in [-0.1, -0.05) is 11.3 Å². The molecule has 0 aliphatic carbocycles. The molecule has 0 spiro atoms. The number of hydrogen-bond acceptors (Lipinski definition) is 7. The highest BCUT2D eigenvalue weighted by atomic mass is 16.6. The second kappa shape index (κ2) is 7.41. The van der Waals surface area contributed by atoms with Crippen molar-refractivity contribution in [3.63, 3.8) is 0 Å². The zero-order chi connectivity index (χ0) is 18.8. The molecule has 10 heteroatoms. The van der Waals surface area contributed by atoms with Crippen molar-refractivity contribution in [3.8, 4) is 11.4 Å². The van der Waals surface area contributed by atoms with Gasteiger partial charge < -0.3 is 19.9 Å². The van der Waals surface area contributed by atoms with Gasteiger partial charge in [-0.05, 0) is 12.1 Å². The molecule has 2 fully saturated rings. The van der Waals surface area contributed by atoms with E-state index in [0.29, 0.717) is 18.9 Å². The molecule has 0 unspecified atom stereocenters. The Balaban J connectivity index is 1.40. The molecule has 27 heavy (non-hydrogen) atoms. The van der Waals surface area contributed by atoms with Gasteiger partial charge in [0, 0.05) is 12.6 Å². The van der Waals surface area contributed by atoms with E-state index in [2.05, 4.69) is 20.6 Å². The molecule has 2 N–H and O–H groups in total. The Hall–Kier alpha value is -2.85. The maximum absolute atomic E-state index is 11.9. The summed E-state index contributed by atoms with van der Waals surface area (Å²) in [6, 6.07) is 5.12. The molecular weight excluding hydrogens is 354 g/mol. The average Bonchev–Trinajstić information content (AvgIpc) is 3.38. The molecule has 0 aromatic carbocycles. The Labute approximate surface area is 154 Å². The van der Waals surface area contributed by atoms with Gasteiger partial charge in [0.2, 0.25) is 5.91 Å². The fourth-order valence-corrected chi connectivity index (χ4v) is 3.40. The number of nitrogens with one attached hydrogen (secondary N) is 1. The van der Waals surface area contributed by atoms with Crippen LogP contribution in [0.4, 0.5) is 0 Å². The lowest BCUT2D eigenvalue weighted by atomic mass is 10.1. The van der Waals surface area contributed by atoms with Crippen molar-refractivity contribution in [3.05, 3.63) is 30.6 Å².